The minimum Gasteiger partial charge on any atom is -0.493 e. The second-order valence-electron chi connectivity index (χ2n) is 14.5. The van der Waals surface area contributed by atoms with Gasteiger partial charge in [-0.25, -0.2) is 0 Å². The second kappa shape index (κ2) is 23.2. The van der Waals surface area contributed by atoms with Crippen LogP contribution in [0, 0.1) is 0 Å². The van der Waals surface area contributed by atoms with Crippen molar-refractivity contribution in [2.45, 2.75) is 151 Å². The van der Waals surface area contributed by atoms with Gasteiger partial charge in [-0.2, -0.15) is 0 Å². The zero-order valence-electron chi connectivity index (χ0n) is 34.0. The monoisotopic (exact) mass is 729 g/mol. The summed E-state index contributed by atoms with van der Waals surface area (Å²) in [6, 6.07) is 12.8. The smallest absolute Gasteiger partial charge is 0.166 e. The molecular weight excluding hydrogens is 661 g/mol. The molecule has 0 saturated heterocycles. The zero-order valence-corrected chi connectivity index (χ0v) is 34.0. The Morgan fingerprint density at radius 1 is 0.358 bits per heavy atom. The molecule has 0 radical (unpaired) electrons. The van der Waals surface area contributed by atoms with E-state index in [2.05, 4.69) is 77.9 Å². The Bertz CT molecular complexity index is 1660. The number of hydrogen-bond acceptors (Lipinski definition) is 6. The molecule has 0 saturated carbocycles. The van der Waals surface area contributed by atoms with Gasteiger partial charge in [0.05, 0.1) is 38.6 Å². The Labute approximate surface area is 320 Å². The van der Waals surface area contributed by atoms with Gasteiger partial charge in [-0.05, 0) is 107 Å². The molecule has 6 heteroatoms. The Hall–Kier alpha value is -3.67. The van der Waals surface area contributed by atoms with E-state index >= 15 is 0 Å². The van der Waals surface area contributed by atoms with Crippen LogP contribution in [0.3, 0.4) is 0 Å². The fourth-order valence-corrected chi connectivity index (χ4v) is 6.86. The second-order valence-corrected chi connectivity index (χ2v) is 14.5. The normalized spacial score (nSPS) is 11.4. The number of ketones is 1. The van der Waals surface area contributed by atoms with E-state index < -0.39 is 0 Å². The highest BCUT2D eigenvalue weighted by molar-refractivity contribution is 6.27. The van der Waals surface area contributed by atoms with Crippen molar-refractivity contribution in [3.8, 4) is 28.7 Å². The van der Waals surface area contributed by atoms with Crippen LogP contribution in [0.1, 0.15) is 161 Å². The molecule has 0 bridgehead atoms. The van der Waals surface area contributed by atoms with Gasteiger partial charge in [-0.15, -0.1) is 0 Å². The first-order valence-corrected chi connectivity index (χ1v) is 21.2. The summed E-state index contributed by atoms with van der Waals surface area (Å²) in [6.45, 7) is 16.2. The minimum absolute atomic E-state index is 0.107. The maximum Gasteiger partial charge on any atom is 0.166 e. The molecule has 53 heavy (non-hydrogen) atoms. The molecule has 0 atom stereocenters. The van der Waals surface area contributed by atoms with Gasteiger partial charge >= 0.3 is 0 Å². The Morgan fingerprint density at radius 2 is 0.623 bits per heavy atom. The van der Waals surface area contributed by atoms with E-state index in [0.29, 0.717) is 50.8 Å². The molecule has 0 unspecified atom stereocenters. The third kappa shape index (κ3) is 11.9. The third-order valence-corrected chi connectivity index (χ3v) is 9.96. The first kappa shape index (κ1) is 42.1. The predicted octanol–water partition coefficient (Wildman–Crippen LogP) is 14.0. The van der Waals surface area contributed by atoms with Gasteiger partial charge in [-0.3, -0.25) is 4.79 Å². The lowest BCUT2D eigenvalue weighted by Gasteiger charge is -2.20. The van der Waals surface area contributed by atoms with Crippen LogP contribution in [-0.4, -0.2) is 38.8 Å². The summed E-state index contributed by atoms with van der Waals surface area (Å²) in [5.41, 5.74) is 0.647. The summed E-state index contributed by atoms with van der Waals surface area (Å²) in [5, 5.41) is 6.18. The van der Waals surface area contributed by atoms with Crippen LogP contribution in [0.4, 0.5) is 0 Å². The highest BCUT2D eigenvalue weighted by atomic mass is 16.5. The van der Waals surface area contributed by atoms with E-state index in [9.17, 15) is 4.79 Å². The van der Waals surface area contributed by atoms with Crippen LogP contribution >= 0.6 is 0 Å². The van der Waals surface area contributed by atoms with Crippen molar-refractivity contribution < 1.29 is 28.5 Å². The number of hydrogen-bond donors (Lipinski definition) is 0. The summed E-state index contributed by atoms with van der Waals surface area (Å²) in [4.78, 5) is 13.7. The lowest BCUT2D eigenvalue weighted by atomic mass is 9.91. The van der Waals surface area contributed by atoms with Gasteiger partial charge in [0.25, 0.3) is 0 Å². The average Bonchev–Trinajstić information content (AvgIpc) is 3.17. The van der Waals surface area contributed by atoms with Gasteiger partial charge in [0.15, 0.2) is 28.8 Å². The lowest BCUT2D eigenvalue weighted by Crippen LogP contribution is -2.06. The van der Waals surface area contributed by atoms with Crippen LogP contribution in [-0.2, 0) is 0 Å². The molecule has 0 aliphatic rings. The maximum absolute atomic E-state index is 13.7. The molecule has 0 aliphatic carbocycles. The number of fused-ring (bicyclic) bond motifs is 6. The fraction of sp³-hybridized carbons (Fsp3) is 0.596. The lowest BCUT2D eigenvalue weighted by molar-refractivity contribution is 0.0978. The van der Waals surface area contributed by atoms with Crippen molar-refractivity contribution in [2.24, 2.45) is 0 Å². The highest BCUT2D eigenvalue weighted by Crippen LogP contribution is 2.46. The van der Waals surface area contributed by atoms with E-state index in [1.165, 1.54) is 0 Å². The molecule has 292 valence electrons. The molecule has 0 heterocycles. The van der Waals surface area contributed by atoms with Crippen LogP contribution in [0.15, 0.2) is 36.4 Å². The van der Waals surface area contributed by atoms with Crippen molar-refractivity contribution >= 4 is 38.1 Å². The molecule has 0 amide bonds. The van der Waals surface area contributed by atoms with Gasteiger partial charge < -0.3 is 23.7 Å². The van der Waals surface area contributed by atoms with Gasteiger partial charge in [-0.1, -0.05) is 106 Å². The topological polar surface area (TPSA) is 63.2 Å². The summed E-state index contributed by atoms with van der Waals surface area (Å²) < 4.78 is 32.5. The van der Waals surface area contributed by atoms with E-state index in [4.69, 9.17) is 23.7 Å². The van der Waals surface area contributed by atoms with Crippen molar-refractivity contribution in [3.63, 3.8) is 0 Å². The van der Waals surface area contributed by atoms with E-state index in [1.807, 2.05) is 0 Å². The average molecular weight is 729 g/mol. The first-order valence-electron chi connectivity index (χ1n) is 21.2. The molecule has 0 aromatic heterocycles. The largest absolute Gasteiger partial charge is 0.493 e. The van der Waals surface area contributed by atoms with E-state index in [-0.39, 0.29) is 5.78 Å². The molecule has 4 aromatic rings. The molecule has 0 fully saturated rings. The summed E-state index contributed by atoms with van der Waals surface area (Å²) in [5.74, 6) is 3.80. The minimum atomic E-state index is 0.107. The van der Waals surface area contributed by atoms with Crippen LogP contribution in [0.25, 0.3) is 32.3 Å². The number of carbonyl (C=O) groups is 1. The first-order chi connectivity index (χ1) is 26.0. The summed E-state index contributed by atoms with van der Waals surface area (Å²) in [6.07, 6.45) is 17.3. The number of rotatable bonds is 28. The number of carbonyl (C=O) groups excluding carboxylic acids is 1. The predicted molar refractivity (Wildman–Crippen MR) is 223 cm³/mol. The van der Waals surface area contributed by atoms with E-state index in [1.54, 1.807) is 0 Å². The molecule has 4 aromatic carbocycles. The quantitative estimate of drug-likeness (QED) is 0.0330. The van der Waals surface area contributed by atoms with Crippen molar-refractivity contribution in [1.29, 1.82) is 0 Å². The number of Topliss-reactive ketones (excluding diaryl/α,β-unsaturated/α-hetero) is 1. The van der Waals surface area contributed by atoms with Crippen LogP contribution < -0.4 is 23.7 Å². The van der Waals surface area contributed by atoms with Crippen LogP contribution in [0.2, 0.25) is 0 Å². The molecule has 6 nitrogen and oxygen atoms in total. The third-order valence-electron chi connectivity index (χ3n) is 9.96. The number of unbranched alkanes of at least 4 members (excludes halogenated alkanes) is 10. The molecule has 0 spiro atoms. The van der Waals surface area contributed by atoms with Crippen LogP contribution in [0.5, 0.6) is 28.7 Å². The molecular formula is C47H68O6. The number of benzene rings is 4. The molecule has 0 N–H and O–H groups in total. The number of ether oxygens (including phenoxy) is 5. The van der Waals surface area contributed by atoms with E-state index in [0.717, 1.165) is 158 Å². The zero-order chi connectivity index (χ0) is 37.8. The maximum atomic E-state index is 13.7. The standard InChI is InChI=1S/C47H68O6/c1-7-13-18-24-49-43-30-36-35(29-41(43)42(48)23-12-6)37-31-44(50-25-19-14-8-2)46(52-27-21-16-10-4)33-39(37)40-34-47(53-28-22-17-11-5)45(32-38(36)40)51-26-20-15-9-3/h29-34H,7-28H2,1-6H3. The molecule has 4 rings (SSSR count). The van der Waals surface area contributed by atoms with Crippen molar-refractivity contribution in [2.75, 3.05) is 33.0 Å². The van der Waals surface area contributed by atoms with Gasteiger partial charge in [0, 0.05) is 6.42 Å². The summed E-state index contributed by atoms with van der Waals surface area (Å²) in [7, 11) is 0. The summed E-state index contributed by atoms with van der Waals surface area (Å²) >= 11 is 0. The SMILES string of the molecule is CCCCCOc1cc2c3cc(OCCCCC)c(OCCCCC)cc3c3cc(C(=O)CCC)c(OCCCCC)cc3c2cc1OCCCCC. The van der Waals surface area contributed by atoms with Gasteiger partial charge in [0.1, 0.15) is 5.75 Å². The van der Waals surface area contributed by atoms with Crippen molar-refractivity contribution in [1.82, 2.24) is 0 Å². The fourth-order valence-electron chi connectivity index (χ4n) is 6.86. The Kier molecular flexibility index (Phi) is 18.4. The Morgan fingerprint density at radius 3 is 0.906 bits per heavy atom. The van der Waals surface area contributed by atoms with Gasteiger partial charge in [0.2, 0.25) is 0 Å². The van der Waals surface area contributed by atoms with Crippen molar-refractivity contribution in [3.05, 3.63) is 42.0 Å². The Balaban J connectivity index is 2.04. The highest BCUT2D eigenvalue weighted by Gasteiger charge is 2.22. The molecule has 0 aliphatic heterocycles.